The molecule has 3 aliphatic rings. The molecule has 1 saturated heterocycles. The Labute approximate surface area is 223 Å². The number of cyclic esters (lactones) is 1. The Morgan fingerprint density at radius 1 is 1.03 bits per heavy atom. The van der Waals surface area contributed by atoms with Crippen LogP contribution >= 0.6 is 0 Å². The molecule has 0 aliphatic carbocycles. The minimum atomic E-state index is -1.41. The van der Waals surface area contributed by atoms with Crippen molar-refractivity contribution >= 4 is 22.7 Å². The van der Waals surface area contributed by atoms with Crippen LogP contribution in [0.3, 0.4) is 0 Å². The van der Waals surface area contributed by atoms with E-state index in [9.17, 15) is 14.7 Å². The second-order valence-electron chi connectivity index (χ2n) is 9.52. The summed E-state index contributed by atoms with van der Waals surface area (Å²) in [6, 6.07) is 9.00. The van der Waals surface area contributed by atoms with E-state index < -0.39 is 23.8 Å². The fourth-order valence-electron chi connectivity index (χ4n) is 5.11. The summed E-state index contributed by atoms with van der Waals surface area (Å²) in [5, 5.41) is 12.1. The zero-order chi connectivity index (χ0) is 27.3. The molecule has 204 valence electrons. The van der Waals surface area contributed by atoms with Crippen molar-refractivity contribution in [3.05, 3.63) is 41.5 Å². The highest BCUT2D eigenvalue weighted by Crippen LogP contribution is 2.49. The van der Waals surface area contributed by atoms with Crippen LogP contribution in [0.25, 0.3) is 21.9 Å². The van der Waals surface area contributed by atoms with E-state index in [1.54, 1.807) is 18.2 Å². The summed E-state index contributed by atoms with van der Waals surface area (Å²) in [7, 11) is 3.05. The minimum absolute atomic E-state index is 0.0181. The van der Waals surface area contributed by atoms with Crippen LogP contribution in [-0.4, -0.2) is 63.2 Å². The fraction of sp³-hybridized carbons (Fsp3) is 0.357. The maximum Gasteiger partial charge on any atom is 0.339 e. The Morgan fingerprint density at radius 2 is 1.77 bits per heavy atom. The quantitative estimate of drug-likeness (QED) is 0.445. The van der Waals surface area contributed by atoms with Gasteiger partial charge in [0.05, 0.1) is 26.4 Å². The van der Waals surface area contributed by atoms with E-state index in [-0.39, 0.29) is 33.0 Å². The van der Waals surface area contributed by atoms with Crippen LogP contribution < -0.4 is 23.7 Å². The van der Waals surface area contributed by atoms with Crippen molar-refractivity contribution in [2.24, 2.45) is 0 Å². The molecule has 0 spiro atoms. The molecule has 3 aromatic carbocycles. The lowest BCUT2D eigenvalue weighted by molar-refractivity contribution is -0.148. The van der Waals surface area contributed by atoms with Gasteiger partial charge in [-0.25, -0.2) is 4.79 Å². The number of ether oxygens (including phenoxy) is 8. The third-order valence-corrected chi connectivity index (χ3v) is 6.95. The molecule has 0 radical (unpaired) electrons. The van der Waals surface area contributed by atoms with E-state index in [2.05, 4.69) is 0 Å². The first-order chi connectivity index (χ1) is 18.8. The summed E-state index contributed by atoms with van der Waals surface area (Å²) in [6.45, 7) is 1.05. The monoisotopic (exact) mass is 538 g/mol. The van der Waals surface area contributed by atoms with Gasteiger partial charge in [0.2, 0.25) is 13.1 Å². The minimum Gasteiger partial charge on any atom is -0.493 e. The maximum atomic E-state index is 13.1. The van der Waals surface area contributed by atoms with Gasteiger partial charge in [0, 0.05) is 29.9 Å². The lowest BCUT2D eigenvalue weighted by Crippen LogP contribution is -2.36. The van der Waals surface area contributed by atoms with E-state index in [0.29, 0.717) is 61.8 Å². The predicted octanol–water partition coefficient (Wildman–Crippen LogP) is 3.34. The molecule has 0 unspecified atom stereocenters. The first-order valence-corrected chi connectivity index (χ1v) is 12.3. The van der Waals surface area contributed by atoms with Gasteiger partial charge in [0.25, 0.3) is 0 Å². The number of esters is 2. The number of hydrogen-bond donors (Lipinski definition) is 1. The first kappa shape index (κ1) is 25.1. The van der Waals surface area contributed by atoms with Crippen molar-refractivity contribution in [3.63, 3.8) is 0 Å². The van der Waals surface area contributed by atoms with Crippen LogP contribution in [0.4, 0.5) is 0 Å². The van der Waals surface area contributed by atoms with Crippen molar-refractivity contribution in [2.75, 3.05) is 34.2 Å². The molecule has 2 atom stereocenters. The number of aliphatic hydroxyl groups is 1. The van der Waals surface area contributed by atoms with E-state index in [1.807, 2.05) is 12.1 Å². The SMILES string of the molecule is COc1cc2c(O[C@H]3C[C@](O)(COC(C)=O)CO3)c3c(c(-c4ccc5c(c4)OCO5)c2cc1OC)C(=O)OC3. The number of rotatable bonds is 7. The van der Waals surface area contributed by atoms with Crippen molar-refractivity contribution < 1.29 is 52.6 Å². The van der Waals surface area contributed by atoms with Gasteiger partial charge in [-0.05, 0) is 35.2 Å². The zero-order valence-corrected chi connectivity index (χ0v) is 21.5. The van der Waals surface area contributed by atoms with Crippen LogP contribution in [0, 0.1) is 0 Å². The second-order valence-corrected chi connectivity index (χ2v) is 9.52. The topological polar surface area (TPSA) is 128 Å². The largest absolute Gasteiger partial charge is 0.493 e. The Balaban J connectivity index is 1.51. The molecular weight excluding hydrogens is 512 g/mol. The number of benzene rings is 3. The molecule has 3 aliphatic heterocycles. The van der Waals surface area contributed by atoms with Gasteiger partial charge in [-0.1, -0.05) is 6.07 Å². The standard InChI is InChI=1S/C28H26O11/c1-14(29)35-11-28(31)9-23(36-12-28)39-26-17-8-21(33-3)20(32-2)7-16(17)24(25-18(26)10-34-27(25)30)15-4-5-19-22(6-15)38-13-37-19/h4-8,23,31H,9-13H2,1-3H3/t23-,28-/m0/s1. The second kappa shape index (κ2) is 9.51. The average molecular weight is 539 g/mol. The van der Waals surface area contributed by atoms with E-state index in [0.717, 1.165) is 0 Å². The number of carbonyl (C=O) groups is 2. The van der Waals surface area contributed by atoms with Crippen molar-refractivity contribution in [1.82, 2.24) is 0 Å². The summed E-state index contributed by atoms with van der Waals surface area (Å²) in [5.74, 6) is 1.44. The number of hydrogen-bond acceptors (Lipinski definition) is 11. The van der Waals surface area contributed by atoms with Crippen LogP contribution in [-0.2, 0) is 25.6 Å². The molecule has 39 heavy (non-hydrogen) atoms. The lowest BCUT2D eigenvalue weighted by atomic mass is 9.89. The zero-order valence-electron chi connectivity index (χ0n) is 21.5. The summed E-state index contributed by atoms with van der Waals surface area (Å²) >= 11 is 0. The van der Waals surface area contributed by atoms with Gasteiger partial charge < -0.3 is 43.0 Å². The van der Waals surface area contributed by atoms with Crippen LogP contribution in [0.1, 0.15) is 29.3 Å². The van der Waals surface area contributed by atoms with Gasteiger partial charge in [0.1, 0.15) is 24.6 Å². The molecule has 0 saturated carbocycles. The molecular formula is C28H26O11. The van der Waals surface area contributed by atoms with E-state index >= 15 is 0 Å². The van der Waals surface area contributed by atoms with Crippen LogP contribution in [0.2, 0.25) is 0 Å². The number of carbonyl (C=O) groups excluding carboxylic acids is 2. The summed E-state index contributed by atoms with van der Waals surface area (Å²) < 4.78 is 44.7. The maximum absolute atomic E-state index is 13.1. The molecule has 11 nitrogen and oxygen atoms in total. The van der Waals surface area contributed by atoms with Gasteiger partial charge in [-0.15, -0.1) is 0 Å². The van der Waals surface area contributed by atoms with Gasteiger partial charge in [0.15, 0.2) is 23.0 Å². The molecule has 3 heterocycles. The Kier molecular flexibility index (Phi) is 6.12. The smallest absolute Gasteiger partial charge is 0.339 e. The van der Waals surface area contributed by atoms with Gasteiger partial charge in [-0.3, -0.25) is 4.79 Å². The van der Waals surface area contributed by atoms with Crippen molar-refractivity contribution in [3.8, 4) is 39.9 Å². The third-order valence-electron chi connectivity index (χ3n) is 6.95. The molecule has 1 fully saturated rings. The Morgan fingerprint density at radius 3 is 2.51 bits per heavy atom. The average Bonchev–Trinajstić information content (AvgIpc) is 3.65. The molecule has 6 rings (SSSR count). The van der Waals surface area contributed by atoms with E-state index in [4.69, 9.17) is 37.9 Å². The number of methoxy groups -OCH3 is 2. The fourth-order valence-corrected chi connectivity index (χ4v) is 5.11. The highest BCUT2D eigenvalue weighted by Gasteiger charge is 2.42. The first-order valence-electron chi connectivity index (χ1n) is 12.3. The molecule has 3 aromatic rings. The highest BCUT2D eigenvalue weighted by molar-refractivity contribution is 6.14. The van der Waals surface area contributed by atoms with Gasteiger partial charge in [-0.2, -0.15) is 0 Å². The van der Waals surface area contributed by atoms with Crippen molar-refractivity contribution in [2.45, 2.75) is 31.8 Å². The molecule has 0 aromatic heterocycles. The predicted molar refractivity (Wildman–Crippen MR) is 134 cm³/mol. The highest BCUT2D eigenvalue weighted by atomic mass is 16.7. The summed E-state index contributed by atoms with van der Waals surface area (Å²) in [5.41, 5.74) is 0.802. The summed E-state index contributed by atoms with van der Waals surface area (Å²) in [4.78, 5) is 24.4. The molecule has 0 amide bonds. The normalized spacial score (nSPS) is 21.0. The molecule has 0 bridgehead atoms. The Hall–Kier alpha value is -4.22. The van der Waals surface area contributed by atoms with Gasteiger partial charge >= 0.3 is 11.9 Å². The van der Waals surface area contributed by atoms with Crippen LogP contribution in [0.15, 0.2) is 30.3 Å². The van der Waals surface area contributed by atoms with E-state index in [1.165, 1.54) is 21.1 Å². The van der Waals surface area contributed by atoms with Crippen molar-refractivity contribution in [1.29, 1.82) is 0 Å². The number of fused-ring (bicyclic) bond motifs is 3. The third kappa shape index (κ3) is 4.33. The molecule has 1 N–H and O–H groups in total. The summed E-state index contributed by atoms with van der Waals surface area (Å²) in [6.07, 6.45) is -0.833. The Bertz CT molecular complexity index is 1500. The lowest BCUT2D eigenvalue weighted by Gasteiger charge is -2.22. The molecule has 11 heteroatoms. The van der Waals surface area contributed by atoms with Crippen LogP contribution in [0.5, 0.6) is 28.7 Å².